The van der Waals surface area contributed by atoms with Gasteiger partial charge in [-0.1, -0.05) is 6.07 Å². The van der Waals surface area contributed by atoms with E-state index in [1.807, 2.05) is 18.2 Å². The van der Waals surface area contributed by atoms with E-state index in [0.717, 1.165) is 16.6 Å². The molecular formula is C11H9N5O2. The van der Waals surface area contributed by atoms with Crippen LogP contribution in [0.3, 0.4) is 0 Å². The molecule has 3 rings (SSSR count). The van der Waals surface area contributed by atoms with E-state index >= 15 is 0 Å². The van der Waals surface area contributed by atoms with Gasteiger partial charge in [0.2, 0.25) is 0 Å². The lowest BCUT2D eigenvalue weighted by Gasteiger charge is -2.06. The molecule has 2 heterocycles. The van der Waals surface area contributed by atoms with Crippen LogP contribution in [0, 0.1) is 0 Å². The van der Waals surface area contributed by atoms with Crippen molar-refractivity contribution >= 4 is 22.4 Å². The third kappa shape index (κ3) is 1.77. The third-order valence-electron chi connectivity index (χ3n) is 2.51. The standard InChI is InChI=1S/C11H9N5O2/c17-10-4-9(14-11(18)15-10)13-7-2-1-3-8-6(7)5-12-16-8/h1-5H,(H,12,16)(H3,13,14,15,17,18). The van der Waals surface area contributed by atoms with Crippen LogP contribution < -0.4 is 16.6 Å². The Balaban J connectivity index is 2.09. The third-order valence-corrected chi connectivity index (χ3v) is 2.51. The molecule has 90 valence electrons. The zero-order valence-corrected chi connectivity index (χ0v) is 9.15. The van der Waals surface area contributed by atoms with E-state index in [1.165, 1.54) is 6.07 Å². The maximum Gasteiger partial charge on any atom is 0.327 e. The smallest absolute Gasteiger partial charge is 0.327 e. The molecule has 0 atom stereocenters. The first kappa shape index (κ1) is 10.3. The van der Waals surface area contributed by atoms with Crippen LogP contribution in [0.15, 0.2) is 40.1 Å². The lowest BCUT2D eigenvalue weighted by molar-refractivity contribution is 1.04. The van der Waals surface area contributed by atoms with Crippen molar-refractivity contribution in [3.05, 3.63) is 51.3 Å². The molecule has 1 aromatic carbocycles. The van der Waals surface area contributed by atoms with Crippen LogP contribution in [0.25, 0.3) is 10.9 Å². The summed E-state index contributed by atoms with van der Waals surface area (Å²) in [5.74, 6) is 0.331. The van der Waals surface area contributed by atoms with E-state index in [2.05, 4.69) is 25.5 Å². The summed E-state index contributed by atoms with van der Waals surface area (Å²) in [6.07, 6.45) is 1.67. The van der Waals surface area contributed by atoms with Crippen molar-refractivity contribution in [3.8, 4) is 0 Å². The molecule has 3 aromatic rings. The van der Waals surface area contributed by atoms with Gasteiger partial charge in [-0.2, -0.15) is 5.10 Å². The Hall–Kier alpha value is -2.83. The van der Waals surface area contributed by atoms with Crippen molar-refractivity contribution in [1.29, 1.82) is 0 Å². The molecule has 0 saturated carbocycles. The number of aromatic nitrogens is 4. The van der Waals surface area contributed by atoms with Crippen LogP contribution in [-0.4, -0.2) is 20.2 Å². The first-order chi connectivity index (χ1) is 8.72. The summed E-state index contributed by atoms with van der Waals surface area (Å²) in [6.45, 7) is 0. The van der Waals surface area contributed by atoms with Gasteiger partial charge in [0.15, 0.2) is 0 Å². The van der Waals surface area contributed by atoms with E-state index in [0.29, 0.717) is 5.82 Å². The van der Waals surface area contributed by atoms with Gasteiger partial charge in [-0.15, -0.1) is 0 Å². The Kier molecular flexibility index (Phi) is 2.23. The Labute approximate surface area is 99.9 Å². The number of H-pyrrole nitrogens is 3. The van der Waals surface area contributed by atoms with Gasteiger partial charge in [0.25, 0.3) is 5.56 Å². The lowest BCUT2D eigenvalue weighted by Crippen LogP contribution is -2.22. The number of aromatic amines is 3. The zero-order valence-electron chi connectivity index (χ0n) is 9.15. The van der Waals surface area contributed by atoms with Gasteiger partial charge in [0.1, 0.15) is 5.82 Å². The molecule has 0 fully saturated rings. The second kappa shape index (κ2) is 3.88. The molecule has 0 aliphatic heterocycles. The fourth-order valence-electron chi connectivity index (χ4n) is 1.76. The van der Waals surface area contributed by atoms with Crippen LogP contribution >= 0.6 is 0 Å². The van der Waals surface area contributed by atoms with Crippen molar-refractivity contribution in [2.24, 2.45) is 0 Å². The van der Waals surface area contributed by atoms with Gasteiger partial charge in [-0.25, -0.2) is 4.79 Å². The number of hydrogen-bond donors (Lipinski definition) is 4. The molecular weight excluding hydrogens is 234 g/mol. The van der Waals surface area contributed by atoms with Gasteiger partial charge in [-0.3, -0.25) is 19.9 Å². The fraction of sp³-hybridized carbons (Fsp3) is 0. The fourth-order valence-corrected chi connectivity index (χ4v) is 1.76. The number of rotatable bonds is 2. The van der Waals surface area contributed by atoms with E-state index in [-0.39, 0.29) is 0 Å². The van der Waals surface area contributed by atoms with Crippen molar-refractivity contribution < 1.29 is 0 Å². The minimum absolute atomic E-state index is 0.331. The average Bonchev–Trinajstić information content (AvgIpc) is 2.76. The minimum Gasteiger partial charge on any atom is -0.341 e. The summed E-state index contributed by atoms with van der Waals surface area (Å²) >= 11 is 0. The average molecular weight is 243 g/mol. The molecule has 2 aromatic heterocycles. The largest absolute Gasteiger partial charge is 0.341 e. The van der Waals surface area contributed by atoms with Crippen molar-refractivity contribution in [3.63, 3.8) is 0 Å². The molecule has 0 amide bonds. The number of benzene rings is 1. The van der Waals surface area contributed by atoms with Crippen molar-refractivity contribution in [2.45, 2.75) is 0 Å². The van der Waals surface area contributed by atoms with Crippen LogP contribution in [0.2, 0.25) is 0 Å². The van der Waals surface area contributed by atoms with Gasteiger partial charge < -0.3 is 5.32 Å². The summed E-state index contributed by atoms with van der Waals surface area (Å²) < 4.78 is 0. The van der Waals surface area contributed by atoms with Gasteiger partial charge in [0, 0.05) is 11.5 Å². The van der Waals surface area contributed by atoms with E-state index < -0.39 is 11.2 Å². The SMILES string of the molecule is O=c1cc(Nc2cccc3[nH]ncc23)[nH]c(=O)[nH]1. The predicted molar refractivity (Wildman–Crippen MR) is 67.1 cm³/mol. The highest BCUT2D eigenvalue weighted by molar-refractivity contribution is 5.92. The summed E-state index contributed by atoms with van der Waals surface area (Å²) in [5.41, 5.74) is 0.611. The highest BCUT2D eigenvalue weighted by Crippen LogP contribution is 2.23. The second-order valence-electron chi connectivity index (χ2n) is 3.76. The molecule has 0 aliphatic carbocycles. The van der Waals surface area contributed by atoms with E-state index in [4.69, 9.17) is 0 Å². The van der Waals surface area contributed by atoms with Crippen molar-refractivity contribution in [1.82, 2.24) is 20.2 Å². The molecule has 7 nitrogen and oxygen atoms in total. The first-order valence-electron chi connectivity index (χ1n) is 5.25. The Bertz CT molecular complexity index is 785. The second-order valence-corrected chi connectivity index (χ2v) is 3.76. The first-order valence-corrected chi connectivity index (χ1v) is 5.25. The Morgan fingerprint density at radius 2 is 2.06 bits per heavy atom. The molecule has 0 saturated heterocycles. The van der Waals surface area contributed by atoms with Crippen LogP contribution in [0.1, 0.15) is 0 Å². The quantitative estimate of drug-likeness (QED) is 0.531. The van der Waals surface area contributed by atoms with Crippen LogP contribution in [0.4, 0.5) is 11.5 Å². The van der Waals surface area contributed by atoms with Crippen LogP contribution in [-0.2, 0) is 0 Å². The monoisotopic (exact) mass is 243 g/mol. The summed E-state index contributed by atoms with van der Waals surface area (Å²) in [6, 6.07) is 6.83. The number of fused-ring (bicyclic) bond motifs is 1. The summed E-state index contributed by atoms with van der Waals surface area (Å²) in [5, 5.41) is 10.6. The predicted octanol–water partition coefficient (Wildman–Crippen LogP) is 0.683. The molecule has 0 aliphatic rings. The maximum atomic E-state index is 11.2. The highest BCUT2D eigenvalue weighted by Gasteiger charge is 2.03. The number of nitrogens with one attached hydrogen (secondary N) is 4. The van der Waals surface area contributed by atoms with Gasteiger partial charge >= 0.3 is 5.69 Å². The molecule has 7 heteroatoms. The molecule has 0 radical (unpaired) electrons. The van der Waals surface area contributed by atoms with Crippen molar-refractivity contribution in [2.75, 3.05) is 5.32 Å². The number of hydrogen-bond acceptors (Lipinski definition) is 4. The van der Waals surface area contributed by atoms with Gasteiger partial charge in [0.05, 0.1) is 17.4 Å². The van der Waals surface area contributed by atoms with E-state index in [9.17, 15) is 9.59 Å². The molecule has 4 N–H and O–H groups in total. The molecule has 0 unspecified atom stereocenters. The highest BCUT2D eigenvalue weighted by atomic mass is 16.2. The normalized spacial score (nSPS) is 10.7. The summed E-state index contributed by atoms with van der Waals surface area (Å²) in [7, 11) is 0. The number of anilines is 2. The van der Waals surface area contributed by atoms with E-state index in [1.54, 1.807) is 6.20 Å². The molecule has 18 heavy (non-hydrogen) atoms. The minimum atomic E-state index is -0.552. The molecule has 0 spiro atoms. The molecule has 0 bridgehead atoms. The van der Waals surface area contributed by atoms with Gasteiger partial charge in [-0.05, 0) is 12.1 Å². The van der Waals surface area contributed by atoms with Crippen LogP contribution in [0.5, 0.6) is 0 Å². The topological polar surface area (TPSA) is 106 Å². The zero-order chi connectivity index (χ0) is 12.5. The maximum absolute atomic E-state index is 11.2. The number of nitrogens with zero attached hydrogens (tertiary/aromatic N) is 1. The lowest BCUT2D eigenvalue weighted by atomic mass is 10.2. The summed E-state index contributed by atoms with van der Waals surface area (Å²) in [4.78, 5) is 26.9. The Morgan fingerprint density at radius 3 is 2.89 bits per heavy atom. The Morgan fingerprint density at radius 1 is 1.17 bits per heavy atom.